The highest BCUT2D eigenvalue weighted by atomic mass is 15.1. The van der Waals surface area contributed by atoms with Crippen molar-refractivity contribution in [2.45, 2.75) is 26.8 Å². The molecule has 0 radical (unpaired) electrons. The minimum atomic E-state index is 0.752. The summed E-state index contributed by atoms with van der Waals surface area (Å²) >= 11 is 0. The molecule has 0 saturated carbocycles. The molecule has 0 aliphatic carbocycles. The van der Waals surface area contributed by atoms with Gasteiger partial charge >= 0.3 is 0 Å². The number of nitrogens with zero attached hydrogens (tertiary/aromatic N) is 3. The maximum Gasteiger partial charge on any atom is 0.115 e. The van der Waals surface area contributed by atoms with Crippen LogP contribution < -0.4 is 5.32 Å². The molecule has 0 aliphatic heterocycles. The van der Waals surface area contributed by atoms with Crippen LogP contribution in [0.5, 0.6) is 0 Å². The topological polar surface area (TPSA) is 42.7 Å². The van der Waals surface area contributed by atoms with Crippen LogP contribution in [-0.4, -0.2) is 21.1 Å². The minimum Gasteiger partial charge on any atom is -0.385 e. The molecule has 4 heteroatoms. The third kappa shape index (κ3) is 2.75. The molecule has 0 amide bonds. The van der Waals surface area contributed by atoms with Gasteiger partial charge in [-0.3, -0.25) is 4.98 Å². The van der Waals surface area contributed by atoms with Crippen LogP contribution in [0.1, 0.15) is 25.4 Å². The lowest BCUT2D eigenvalue weighted by Crippen LogP contribution is -2.04. The average molecular weight is 280 g/mol. The first kappa shape index (κ1) is 13.6. The monoisotopic (exact) mass is 280 g/mol. The molecule has 2 heterocycles. The summed E-state index contributed by atoms with van der Waals surface area (Å²) in [5, 5.41) is 3.32. The van der Waals surface area contributed by atoms with Crippen molar-refractivity contribution >= 4 is 16.7 Å². The minimum absolute atomic E-state index is 0.752. The van der Waals surface area contributed by atoms with Gasteiger partial charge in [0.2, 0.25) is 0 Å². The van der Waals surface area contributed by atoms with Gasteiger partial charge in [-0.25, -0.2) is 4.98 Å². The van der Waals surface area contributed by atoms with Crippen LogP contribution >= 0.6 is 0 Å². The number of rotatable bonds is 5. The first-order chi connectivity index (χ1) is 10.3. The Balaban J connectivity index is 1.96. The highest BCUT2D eigenvalue weighted by Gasteiger charge is 2.10. The Morgan fingerprint density at radius 3 is 2.81 bits per heavy atom. The summed E-state index contributed by atoms with van der Waals surface area (Å²) in [5.74, 6) is 1.07. The maximum atomic E-state index is 4.76. The first-order valence-corrected chi connectivity index (χ1v) is 7.44. The normalized spacial score (nSPS) is 11.0. The van der Waals surface area contributed by atoms with Crippen LogP contribution in [0.4, 0.5) is 5.69 Å². The third-order valence-corrected chi connectivity index (χ3v) is 3.59. The molecule has 0 fully saturated rings. The van der Waals surface area contributed by atoms with E-state index in [9.17, 15) is 0 Å². The van der Waals surface area contributed by atoms with Gasteiger partial charge in [-0.2, -0.15) is 0 Å². The highest BCUT2D eigenvalue weighted by molar-refractivity contribution is 5.76. The van der Waals surface area contributed by atoms with Gasteiger partial charge in [0.25, 0.3) is 0 Å². The molecular weight excluding hydrogens is 260 g/mol. The Hall–Kier alpha value is -2.36. The van der Waals surface area contributed by atoms with E-state index in [-0.39, 0.29) is 0 Å². The fraction of sp³-hybridized carbons (Fsp3) is 0.294. The van der Waals surface area contributed by atoms with Crippen LogP contribution in [0, 0.1) is 0 Å². The molecule has 0 bridgehead atoms. The highest BCUT2D eigenvalue weighted by Crippen LogP contribution is 2.18. The number of hydrogen-bond donors (Lipinski definition) is 1. The molecule has 21 heavy (non-hydrogen) atoms. The quantitative estimate of drug-likeness (QED) is 0.778. The zero-order valence-corrected chi connectivity index (χ0v) is 12.5. The summed E-state index contributed by atoms with van der Waals surface area (Å²) in [5.41, 5.74) is 4.40. The number of benzene rings is 1. The van der Waals surface area contributed by atoms with Crippen molar-refractivity contribution in [3.05, 3.63) is 54.1 Å². The van der Waals surface area contributed by atoms with Gasteiger partial charge in [0.05, 0.1) is 11.0 Å². The van der Waals surface area contributed by atoms with Crippen LogP contribution in [0.15, 0.2) is 42.6 Å². The standard InChI is InChI=1S/C17H20N4/c1-3-18-13-9-10-19-14(11-13)12-17-20-15-7-5-6-8-16(15)21(17)4-2/h5-11H,3-4,12H2,1-2H3,(H,18,19). The lowest BCUT2D eigenvalue weighted by atomic mass is 10.2. The molecule has 2 aromatic heterocycles. The Kier molecular flexibility index (Phi) is 3.86. The second kappa shape index (κ2) is 5.95. The van der Waals surface area contributed by atoms with E-state index < -0.39 is 0 Å². The zero-order chi connectivity index (χ0) is 14.7. The Bertz CT molecular complexity index is 745. The number of anilines is 1. The Morgan fingerprint density at radius 2 is 2.00 bits per heavy atom. The number of hydrogen-bond acceptors (Lipinski definition) is 3. The lowest BCUT2D eigenvalue weighted by molar-refractivity contribution is 0.729. The fourth-order valence-corrected chi connectivity index (χ4v) is 2.66. The van der Waals surface area contributed by atoms with Crippen molar-refractivity contribution in [1.29, 1.82) is 0 Å². The number of aryl methyl sites for hydroxylation is 1. The van der Waals surface area contributed by atoms with Crippen LogP contribution in [0.25, 0.3) is 11.0 Å². The van der Waals surface area contributed by atoms with Crippen molar-refractivity contribution in [3.63, 3.8) is 0 Å². The molecule has 108 valence electrons. The van der Waals surface area contributed by atoms with Crippen molar-refractivity contribution in [2.24, 2.45) is 0 Å². The van der Waals surface area contributed by atoms with E-state index in [1.54, 1.807) is 0 Å². The van der Waals surface area contributed by atoms with Gasteiger partial charge < -0.3 is 9.88 Å². The van der Waals surface area contributed by atoms with Gasteiger partial charge in [-0.05, 0) is 38.1 Å². The van der Waals surface area contributed by atoms with Gasteiger partial charge in [0, 0.05) is 37.1 Å². The lowest BCUT2D eigenvalue weighted by Gasteiger charge is -2.07. The smallest absolute Gasteiger partial charge is 0.115 e. The SMILES string of the molecule is CCNc1ccnc(Cc2nc3ccccc3n2CC)c1. The van der Waals surface area contributed by atoms with E-state index in [4.69, 9.17) is 4.98 Å². The Morgan fingerprint density at radius 1 is 1.14 bits per heavy atom. The molecular formula is C17H20N4. The molecule has 0 unspecified atom stereocenters. The predicted molar refractivity (Wildman–Crippen MR) is 86.6 cm³/mol. The number of aromatic nitrogens is 3. The summed E-state index contributed by atoms with van der Waals surface area (Å²) in [6.07, 6.45) is 2.61. The molecule has 3 rings (SSSR count). The number of imidazole rings is 1. The number of nitrogens with one attached hydrogen (secondary N) is 1. The van der Waals surface area contributed by atoms with E-state index >= 15 is 0 Å². The summed E-state index contributed by atoms with van der Waals surface area (Å²) in [6.45, 7) is 6.08. The van der Waals surface area contributed by atoms with Crippen molar-refractivity contribution < 1.29 is 0 Å². The zero-order valence-electron chi connectivity index (χ0n) is 12.5. The van der Waals surface area contributed by atoms with Crippen molar-refractivity contribution in [2.75, 3.05) is 11.9 Å². The van der Waals surface area contributed by atoms with E-state index in [0.717, 1.165) is 42.2 Å². The van der Waals surface area contributed by atoms with Gasteiger partial charge in [0.15, 0.2) is 0 Å². The van der Waals surface area contributed by atoms with Crippen LogP contribution in [0.3, 0.4) is 0 Å². The van der Waals surface area contributed by atoms with Gasteiger partial charge in [0.1, 0.15) is 5.82 Å². The van der Waals surface area contributed by atoms with Gasteiger partial charge in [-0.15, -0.1) is 0 Å². The maximum absolute atomic E-state index is 4.76. The van der Waals surface area contributed by atoms with Crippen molar-refractivity contribution in [1.82, 2.24) is 14.5 Å². The molecule has 1 N–H and O–H groups in total. The second-order valence-electron chi connectivity index (χ2n) is 5.00. The Labute approximate surface area is 124 Å². The number of para-hydroxylation sites is 2. The summed E-state index contributed by atoms with van der Waals surface area (Å²) in [6, 6.07) is 12.4. The van der Waals surface area contributed by atoms with E-state index in [2.05, 4.69) is 53.0 Å². The molecule has 0 aliphatic rings. The molecule has 1 aromatic carbocycles. The molecule has 4 nitrogen and oxygen atoms in total. The predicted octanol–water partition coefficient (Wildman–Crippen LogP) is 3.47. The average Bonchev–Trinajstić information content (AvgIpc) is 2.85. The number of fused-ring (bicyclic) bond motifs is 1. The molecule has 0 atom stereocenters. The molecule has 0 spiro atoms. The summed E-state index contributed by atoms with van der Waals surface area (Å²) in [7, 11) is 0. The molecule has 0 saturated heterocycles. The number of pyridine rings is 1. The fourth-order valence-electron chi connectivity index (χ4n) is 2.66. The largest absolute Gasteiger partial charge is 0.385 e. The summed E-state index contributed by atoms with van der Waals surface area (Å²) in [4.78, 5) is 9.23. The van der Waals surface area contributed by atoms with Crippen LogP contribution in [-0.2, 0) is 13.0 Å². The van der Waals surface area contributed by atoms with E-state index in [1.165, 1.54) is 5.52 Å². The van der Waals surface area contributed by atoms with Crippen LogP contribution in [0.2, 0.25) is 0 Å². The summed E-state index contributed by atoms with van der Waals surface area (Å²) < 4.78 is 2.26. The first-order valence-electron chi connectivity index (χ1n) is 7.44. The van der Waals surface area contributed by atoms with Crippen molar-refractivity contribution in [3.8, 4) is 0 Å². The van der Waals surface area contributed by atoms with E-state index in [1.807, 2.05) is 18.3 Å². The van der Waals surface area contributed by atoms with E-state index in [0.29, 0.717) is 0 Å². The third-order valence-electron chi connectivity index (χ3n) is 3.59. The van der Waals surface area contributed by atoms with Gasteiger partial charge in [-0.1, -0.05) is 12.1 Å². The molecule has 3 aromatic rings. The second-order valence-corrected chi connectivity index (χ2v) is 5.00.